The Bertz CT molecular complexity index is 840. The van der Waals surface area contributed by atoms with Crippen LogP contribution in [0.1, 0.15) is 12.0 Å². The Balaban J connectivity index is 1.19. The number of hydrogen-bond acceptors (Lipinski definition) is 8. The Labute approximate surface area is 164 Å². The van der Waals surface area contributed by atoms with Gasteiger partial charge in [0.15, 0.2) is 11.5 Å². The maximum atomic E-state index is 9.76. The average Bonchev–Trinajstić information content (AvgIpc) is 3.37. The fourth-order valence-electron chi connectivity index (χ4n) is 4.02. The minimum Gasteiger partial charge on any atom is -0.454 e. The van der Waals surface area contributed by atoms with Crippen molar-refractivity contribution in [2.75, 3.05) is 55.9 Å². The number of aromatic nitrogens is 2. The first-order valence-corrected chi connectivity index (χ1v) is 9.86. The number of rotatable bonds is 4. The molecule has 0 radical (unpaired) electrons. The van der Waals surface area contributed by atoms with Crippen molar-refractivity contribution < 1.29 is 14.6 Å². The van der Waals surface area contributed by atoms with Gasteiger partial charge in [0.1, 0.15) is 5.82 Å². The van der Waals surface area contributed by atoms with Crippen LogP contribution in [0.3, 0.4) is 0 Å². The fraction of sp³-hybridized carbons (Fsp3) is 0.500. The van der Waals surface area contributed by atoms with Crippen LogP contribution >= 0.6 is 0 Å². The topological polar surface area (TPSA) is 74.2 Å². The lowest BCUT2D eigenvalue weighted by Gasteiger charge is -2.35. The second kappa shape index (κ2) is 7.44. The van der Waals surface area contributed by atoms with Crippen molar-refractivity contribution in [2.24, 2.45) is 0 Å². The summed E-state index contributed by atoms with van der Waals surface area (Å²) in [5.41, 5.74) is 1.24. The molecule has 1 unspecified atom stereocenters. The number of aliphatic hydroxyl groups is 1. The summed E-state index contributed by atoms with van der Waals surface area (Å²) in [4.78, 5) is 16.0. The number of ether oxygens (including phenoxy) is 2. The molecule has 2 aromatic rings. The molecule has 0 spiro atoms. The summed E-state index contributed by atoms with van der Waals surface area (Å²) in [5, 5.41) is 9.76. The highest BCUT2D eigenvalue weighted by Crippen LogP contribution is 2.33. The molecule has 28 heavy (non-hydrogen) atoms. The smallest absolute Gasteiger partial charge is 0.231 e. The number of β-amino-alcohol motifs (C(OH)–C–C–N with tert-alkyl or cyclic N) is 1. The van der Waals surface area contributed by atoms with Crippen LogP contribution in [0.15, 0.2) is 30.5 Å². The quantitative estimate of drug-likeness (QED) is 0.841. The standard InChI is InChI=1S/C20H25N5O3/c26-16-4-6-25(13-16)19-3-5-21-20(22-19)24-9-7-23(8-10-24)12-15-1-2-17-18(11-15)28-14-27-17/h1-3,5,11,16,26H,4,6-10,12-14H2. The molecule has 0 aliphatic carbocycles. The van der Waals surface area contributed by atoms with Gasteiger partial charge in [-0.15, -0.1) is 0 Å². The summed E-state index contributed by atoms with van der Waals surface area (Å²) < 4.78 is 10.9. The number of anilines is 2. The number of aliphatic hydroxyl groups excluding tert-OH is 1. The van der Waals surface area contributed by atoms with Crippen molar-refractivity contribution in [3.63, 3.8) is 0 Å². The normalized spacial score (nSPS) is 22.1. The SMILES string of the molecule is OC1CCN(c2ccnc(N3CCN(Cc4ccc5c(c4)OCO5)CC3)n2)C1. The van der Waals surface area contributed by atoms with Gasteiger partial charge in [-0.2, -0.15) is 4.98 Å². The van der Waals surface area contributed by atoms with E-state index in [1.165, 1.54) is 5.56 Å². The van der Waals surface area contributed by atoms with Gasteiger partial charge in [-0.05, 0) is 30.2 Å². The maximum Gasteiger partial charge on any atom is 0.231 e. The molecule has 2 saturated heterocycles. The molecule has 0 saturated carbocycles. The lowest BCUT2D eigenvalue weighted by Crippen LogP contribution is -2.46. The molecular formula is C20H25N5O3. The van der Waals surface area contributed by atoms with Gasteiger partial charge < -0.3 is 24.4 Å². The molecule has 1 aromatic carbocycles. The molecule has 1 aromatic heterocycles. The van der Waals surface area contributed by atoms with Crippen LogP contribution in [0.4, 0.5) is 11.8 Å². The Morgan fingerprint density at radius 3 is 2.68 bits per heavy atom. The number of benzene rings is 1. The monoisotopic (exact) mass is 383 g/mol. The molecule has 8 heteroatoms. The molecule has 5 rings (SSSR count). The summed E-state index contributed by atoms with van der Waals surface area (Å²) in [7, 11) is 0. The van der Waals surface area contributed by atoms with Crippen molar-refractivity contribution in [1.82, 2.24) is 14.9 Å². The van der Waals surface area contributed by atoms with Crippen LogP contribution in [-0.4, -0.2) is 72.1 Å². The van der Waals surface area contributed by atoms with Crippen molar-refractivity contribution in [3.8, 4) is 11.5 Å². The fourth-order valence-corrected chi connectivity index (χ4v) is 4.02. The highest BCUT2D eigenvalue weighted by molar-refractivity contribution is 5.46. The molecular weight excluding hydrogens is 358 g/mol. The van der Waals surface area contributed by atoms with Crippen LogP contribution in [0.5, 0.6) is 11.5 Å². The number of piperazine rings is 1. The first-order valence-electron chi connectivity index (χ1n) is 9.86. The van der Waals surface area contributed by atoms with E-state index in [1.807, 2.05) is 18.3 Å². The lowest BCUT2D eigenvalue weighted by molar-refractivity contribution is 0.174. The molecule has 148 valence electrons. The van der Waals surface area contributed by atoms with Gasteiger partial charge in [-0.25, -0.2) is 4.98 Å². The van der Waals surface area contributed by atoms with Gasteiger partial charge in [0.2, 0.25) is 12.7 Å². The predicted octanol–water partition coefficient (Wildman–Crippen LogP) is 1.10. The van der Waals surface area contributed by atoms with Gasteiger partial charge in [-0.3, -0.25) is 4.90 Å². The molecule has 1 atom stereocenters. The van der Waals surface area contributed by atoms with Crippen molar-refractivity contribution in [2.45, 2.75) is 19.1 Å². The van der Waals surface area contributed by atoms with E-state index in [-0.39, 0.29) is 6.10 Å². The first kappa shape index (κ1) is 17.5. The van der Waals surface area contributed by atoms with E-state index in [1.54, 1.807) is 0 Å². The molecule has 0 amide bonds. The van der Waals surface area contributed by atoms with Crippen LogP contribution < -0.4 is 19.3 Å². The Morgan fingerprint density at radius 1 is 1.00 bits per heavy atom. The second-order valence-electron chi connectivity index (χ2n) is 7.55. The van der Waals surface area contributed by atoms with E-state index >= 15 is 0 Å². The van der Waals surface area contributed by atoms with Crippen molar-refractivity contribution in [1.29, 1.82) is 0 Å². The number of hydrogen-bond donors (Lipinski definition) is 1. The third-order valence-corrected chi connectivity index (χ3v) is 5.61. The van der Waals surface area contributed by atoms with Gasteiger partial charge in [-0.1, -0.05) is 6.07 Å². The molecule has 3 aliphatic rings. The summed E-state index contributed by atoms with van der Waals surface area (Å²) >= 11 is 0. The average molecular weight is 383 g/mol. The minimum absolute atomic E-state index is 0.252. The van der Waals surface area contributed by atoms with E-state index in [2.05, 4.69) is 31.8 Å². The maximum absolute atomic E-state index is 9.76. The number of fused-ring (bicyclic) bond motifs is 1. The molecule has 3 aliphatic heterocycles. The van der Waals surface area contributed by atoms with Crippen LogP contribution in [-0.2, 0) is 6.54 Å². The molecule has 1 N–H and O–H groups in total. The van der Waals surface area contributed by atoms with E-state index in [9.17, 15) is 5.11 Å². The summed E-state index contributed by atoms with van der Waals surface area (Å²) in [5.74, 6) is 3.36. The third-order valence-electron chi connectivity index (χ3n) is 5.61. The van der Waals surface area contributed by atoms with Crippen LogP contribution in [0, 0.1) is 0 Å². The molecule has 0 bridgehead atoms. The Morgan fingerprint density at radius 2 is 1.86 bits per heavy atom. The largest absolute Gasteiger partial charge is 0.454 e. The highest BCUT2D eigenvalue weighted by Gasteiger charge is 2.24. The van der Waals surface area contributed by atoms with Gasteiger partial charge in [0, 0.05) is 52.0 Å². The van der Waals surface area contributed by atoms with Crippen LogP contribution in [0.2, 0.25) is 0 Å². The van der Waals surface area contributed by atoms with Gasteiger partial charge in [0.05, 0.1) is 6.10 Å². The van der Waals surface area contributed by atoms with E-state index in [0.29, 0.717) is 13.3 Å². The van der Waals surface area contributed by atoms with Gasteiger partial charge >= 0.3 is 0 Å². The first-order chi connectivity index (χ1) is 13.7. The lowest BCUT2D eigenvalue weighted by atomic mass is 10.1. The van der Waals surface area contributed by atoms with E-state index in [0.717, 1.165) is 69.0 Å². The van der Waals surface area contributed by atoms with E-state index in [4.69, 9.17) is 14.5 Å². The summed E-state index contributed by atoms with van der Waals surface area (Å²) in [6, 6.07) is 8.10. The zero-order valence-electron chi connectivity index (χ0n) is 15.8. The zero-order valence-corrected chi connectivity index (χ0v) is 15.8. The highest BCUT2D eigenvalue weighted by atomic mass is 16.7. The molecule has 2 fully saturated rings. The van der Waals surface area contributed by atoms with E-state index < -0.39 is 0 Å². The van der Waals surface area contributed by atoms with Crippen LogP contribution in [0.25, 0.3) is 0 Å². The van der Waals surface area contributed by atoms with Gasteiger partial charge in [0.25, 0.3) is 0 Å². The Hall–Kier alpha value is -2.58. The predicted molar refractivity (Wildman–Crippen MR) is 105 cm³/mol. The molecule has 8 nitrogen and oxygen atoms in total. The number of nitrogens with zero attached hydrogens (tertiary/aromatic N) is 5. The zero-order chi connectivity index (χ0) is 18.9. The van der Waals surface area contributed by atoms with Crippen molar-refractivity contribution in [3.05, 3.63) is 36.0 Å². The Kier molecular flexibility index (Phi) is 4.66. The molecule has 4 heterocycles. The third kappa shape index (κ3) is 3.57. The summed E-state index contributed by atoms with van der Waals surface area (Å²) in [6.45, 7) is 6.44. The second-order valence-corrected chi connectivity index (χ2v) is 7.55. The minimum atomic E-state index is -0.252. The van der Waals surface area contributed by atoms with Crippen molar-refractivity contribution >= 4 is 11.8 Å². The summed E-state index contributed by atoms with van der Waals surface area (Å²) in [6.07, 6.45) is 2.37.